The fourth-order valence-electron chi connectivity index (χ4n) is 2.75. The number of amides is 2. The van der Waals surface area contributed by atoms with E-state index in [0.717, 1.165) is 0 Å². The number of aryl methyl sites for hydroxylation is 2. The molecular formula is C17H25N3O4. The summed E-state index contributed by atoms with van der Waals surface area (Å²) < 4.78 is 5.44. The maximum Gasteiger partial charge on any atom is 0.267 e. The summed E-state index contributed by atoms with van der Waals surface area (Å²) in [5, 5.41) is 18.8. The van der Waals surface area contributed by atoms with Gasteiger partial charge in [0.25, 0.3) is 5.91 Å². The van der Waals surface area contributed by atoms with Gasteiger partial charge >= 0.3 is 0 Å². The maximum absolute atomic E-state index is 12.3. The molecule has 7 nitrogen and oxygen atoms in total. The summed E-state index contributed by atoms with van der Waals surface area (Å²) in [5.74, 6) is 0.875. The van der Waals surface area contributed by atoms with Gasteiger partial charge in [-0.1, -0.05) is 0 Å². The highest BCUT2D eigenvalue weighted by Gasteiger charge is 2.30. The van der Waals surface area contributed by atoms with Crippen LogP contribution < -0.4 is 5.32 Å². The lowest BCUT2D eigenvalue weighted by molar-refractivity contribution is -0.133. The Morgan fingerprint density at radius 2 is 2.12 bits per heavy atom. The van der Waals surface area contributed by atoms with Gasteiger partial charge in [-0.25, -0.2) is 5.01 Å². The van der Waals surface area contributed by atoms with Crippen molar-refractivity contribution in [2.24, 2.45) is 5.10 Å². The normalized spacial score (nSPS) is 17.7. The van der Waals surface area contributed by atoms with Crippen LogP contribution >= 0.6 is 0 Å². The minimum Gasteiger partial charge on any atom is -0.466 e. The standard InChI is InChI=1S/C17H25N3O4/c1-10(2)20-15(21)7-6-14(19-20)16(22)18-9-17(5,23)13-8-11(3)24-12(13)4/h8,10,23H,6-7,9H2,1-5H3,(H,18,22). The smallest absolute Gasteiger partial charge is 0.267 e. The van der Waals surface area contributed by atoms with E-state index < -0.39 is 5.60 Å². The molecule has 24 heavy (non-hydrogen) atoms. The van der Waals surface area contributed by atoms with Crippen LogP contribution in [0.4, 0.5) is 0 Å². The van der Waals surface area contributed by atoms with Crippen molar-refractivity contribution in [3.8, 4) is 0 Å². The van der Waals surface area contributed by atoms with E-state index in [4.69, 9.17) is 4.42 Å². The Kier molecular flexibility index (Phi) is 5.13. The van der Waals surface area contributed by atoms with Crippen molar-refractivity contribution in [2.75, 3.05) is 6.54 Å². The Morgan fingerprint density at radius 1 is 1.46 bits per heavy atom. The molecule has 1 aromatic heterocycles. The minimum absolute atomic E-state index is 0.0281. The molecule has 2 heterocycles. The zero-order valence-corrected chi connectivity index (χ0v) is 14.8. The summed E-state index contributed by atoms with van der Waals surface area (Å²) in [7, 11) is 0. The van der Waals surface area contributed by atoms with Crippen LogP contribution in [0.1, 0.15) is 50.7 Å². The van der Waals surface area contributed by atoms with Crippen LogP contribution in [0, 0.1) is 13.8 Å². The first-order valence-corrected chi connectivity index (χ1v) is 8.09. The monoisotopic (exact) mass is 335 g/mol. The highest BCUT2D eigenvalue weighted by molar-refractivity contribution is 6.39. The molecule has 2 amide bonds. The van der Waals surface area contributed by atoms with E-state index in [1.54, 1.807) is 26.8 Å². The van der Waals surface area contributed by atoms with Crippen LogP contribution in [0.3, 0.4) is 0 Å². The number of aliphatic hydroxyl groups is 1. The molecule has 1 atom stereocenters. The fourth-order valence-corrected chi connectivity index (χ4v) is 2.75. The zero-order valence-electron chi connectivity index (χ0n) is 14.8. The van der Waals surface area contributed by atoms with E-state index in [-0.39, 0.29) is 30.8 Å². The van der Waals surface area contributed by atoms with Crippen molar-refractivity contribution < 1.29 is 19.1 Å². The Morgan fingerprint density at radius 3 is 2.67 bits per heavy atom. The van der Waals surface area contributed by atoms with E-state index in [2.05, 4.69) is 10.4 Å². The molecule has 0 spiro atoms. The van der Waals surface area contributed by atoms with Gasteiger partial charge in [0.2, 0.25) is 5.91 Å². The van der Waals surface area contributed by atoms with Gasteiger partial charge in [-0.3, -0.25) is 9.59 Å². The van der Waals surface area contributed by atoms with Gasteiger partial charge in [-0.15, -0.1) is 0 Å². The topological polar surface area (TPSA) is 95.1 Å². The molecule has 7 heteroatoms. The number of rotatable bonds is 5. The largest absolute Gasteiger partial charge is 0.466 e. The second kappa shape index (κ2) is 6.76. The summed E-state index contributed by atoms with van der Waals surface area (Å²) in [6, 6.07) is 1.67. The number of furan rings is 1. The molecule has 0 bridgehead atoms. The lowest BCUT2D eigenvalue weighted by Gasteiger charge is -2.27. The molecule has 132 valence electrons. The molecule has 0 aromatic carbocycles. The SMILES string of the molecule is Cc1cc(C(C)(O)CNC(=O)C2=NN(C(C)C)C(=O)CC2)c(C)o1. The minimum atomic E-state index is -1.25. The molecule has 2 N–H and O–H groups in total. The number of carbonyl (C=O) groups is 2. The average Bonchev–Trinajstić information content (AvgIpc) is 2.84. The predicted molar refractivity (Wildman–Crippen MR) is 89.4 cm³/mol. The third-order valence-corrected chi connectivity index (χ3v) is 4.03. The molecule has 0 saturated carbocycles. The number of nitrogens with zero attached hydrogens (tertiary/aromatic N) is 2. The first-order chi connectivity index (χ1) is 11.1. The average molecular weight is 335 g/mol. The number of hydrogen-bond acceptors (Lipinski definition) is 5. The molecule has 1 aliphatic rings. The molecule has 0 radical (unpaired) electrons. The predicted octanol–water partition coefficient (Wildman–Crippen LogP) is 1.61. The quantitative estimate of drug-likeness (QED) is 0.854. The van der Waals surface area contributed by atoms with Crippen molar-refractivity contribution in [3.63, 3.8) is 0 Å². The third kappa shape index (κ3) is 3.84. The van der Waals surface area contributed by atoms with Crippen LogP contribution in [0.25, 0.3) is 0 Å². The Bertz CT molecular complexity index is 673. The lowest BCUT2D eigenvalue weighted by Crippen LogP contribution is -2.45. The highest BCUT2D eigenvalue weighted by atomic mass is 16.3. The van der Waals surface area contributed by atoms with E-state index in [1.807, 2.05) is 13.8 Å². The van der Waals surface area contributed by atoms with Crippen LogP contribution in [-0.4, -0.2) is 40.2 Å². The van der Waals surface area contributed by atoms with Crippen LogP contribution in [-0.2, 0) is 15.2 Å². The summed E-state index contributed by atoms with van der Waals surface area (Å²) in [5.41, 5.74) is -0.302. The summed E-state index contributed by atoms with van der Waals surface area (Å²) in [6.45, 7) is 8.92. The number of carbonyl (C=O) groups excluding carboxylic acids is 2. The fraction of sp³-hybridized carbons (Fsp3) is 0.588. The van der Waals surface area contributed by atoms with E-state index in [1.165, 1.54) is 5.01 Å². The van der Waals surface area contributed by atoms with Crippen LogP contribution in [0.2, 0.25) is 0 Å². The molecule has 1 aromatic rings. The number of hydrogen-bond donors (Lipinski definition) is 2. The molecule has 0 fully saturated rings. The van der Waals surface area contributed by atoms with Crippen molar-refractivity contribution >= 4 is 17.5 Å². The Hall–Kier alpha value is -2.15. The van der Waals surface area contributed by atoms with Gasteiger partial charge in [-0.05, 0) is 40.7 Å². The van der Waals surface area contributed by atoms with E-state index >= 15 is 0 Å². The number of nitrogens with one attached hydrogen (secondary N) is 1. The van der Waals surface area contributed by atoms with Gasteiger partial charge < -0.3 is 14.8 Å². The first-order valence-electron chi connectivity index (χ1n) is 8.09. The maximum atomic E-state index is 12.3. The van der Waals surface area contributed by atoms with Crippen molar-refractivity contribution in [1.29, 1.82) is 0 Å². The summed E-state index contributed by atoms with van der Waals surface area (Å²) in [4.78, 5) is 24.1. The molecule has 1 aliphatic heterocycles. The lowest BCUT2D eigenvalue weighted by atomic mass is 9.96. The number of hydrazone groups is 1. The Balaban J connectivity index is 2.06. The molecule has 2 rings (SSSR count). The highest BCUT2D eigenvalue weighted by Crippen LogP contribution is 2.26. The van der Waals surface area contributed by atoms with Gasteiger partial charge in [0.1, 0.15) is 22.8 Å². The van der Waals surface area contributed by atoms with Crippen molar-refractivity contribution in [2.45, 2.75) is 59.1 Å². The van der Waals surface area contributed by atoms with Gasteiger partial charge in [0.15, 0.2) is 0 Å². The summed E-state index contributed by atoms with van der Waals surface area (Å²) in [6.07, 6.45) is 0.570. The molecule has 1 unspecified atom stereocenters. The van der Waals surface area contributed by atoms with E-state index in [9.17, 15) is 14.7 Å². The second-order valence-corrected chi connectivity index (χ2v) is 6.66. The third-order valence-electron chi connectivity index (χ3n) is 4.03. The molecule has 0 saturated heterocycles. The Labute approximate surface area is 141 Å². The van der Waals surface area contributed by atoms with E-state index in [0.29, 0.717) is 29.2 Å². The van der Waals surface area contributed by atoms with Gasteiger partial charge in [0, 0.05) is 24.4 Å². The summed E-state index contributed by atoms with van der Waals surface area (Å²) >= 11 is 0. The van der Waals surface area contributed by atoms with Crippen LogP contribution in [0.5, 0.6) is 0 Å². The molecular weight excluding hydrogens is 310 g/mol. The van der Waals surface area contributed by atoms with Gasteiger partial charge in [0.05, 0.1) is 6.54 Å². The van der Waals surface area contributed by atoms with Crippen LogP contribution in [0.15, 0.2) is 15.6 Å². The van der Waals surface area contributed by atoms with Crippen molar-refractivity contribution in [1.82, 2.24) is 10.3 Å². The van der Waals surface area contributed by atoms with Crippen molar-refractivity contribution in [3.05, 3.63) is 23.2 Å². The van der Waals surface area contributed by atoms with Gasteiger partial charge in [-0.2, -0.15) is 5.10 Å². The zero-order chi connectivity index (χ0) is 18.1. The first kappa shape index (κ1) is 18.2. The second-order valence-electron chi connectivity index (χ2n) is 6.66. The molecule has 0 aliphatic carbocycles.